The predicted molar refractivity (Wildman–Crippen MR) is 136 cm³/mol. The van der Waals surface area contributed by atoms with Gasteiger partial charge in [-0.25, -0.2) is 9.78 Å². The fourth-order valence-corrected chi connectivity index (χ4v) is 5.12. The summed E-state index contributed by atoms with van der Waals surface area (Å²) in [6, 6.07) is 11.6. The Hall–Kier alpha value is -2.84. The third kappa shape index (κ3) is 6.39. The molecule has 8 heteroatoms. The Morgan fingerprint density at radius 2 is 1.74 bits per heavy atom. The van der Waals surface area contributed by atoms with Crippen molar-refractivity contribution in [1.82, 2.24) is 9.88 Å². The Bertz CT molecular complexity index is 1110. The van der Waals surface area contributed by atoms with Crippen molar-refractivity contribution in [2.24, 2.45) is 0 Å². The number of aromatic nitrogens is 1. The average molecular weight is 484 g/mol. The molecule has 0 amide bonds. The van der Waals surface area contributed by atoms with Gasteiger partial charge in [0.25, 0.3) is 0 Å². The second kappa shape index (κ2) is 10.6. The summed E-state index contributed by atoms with van der Waals surface area (Å²) in [6.07, 6.45) is 2.27. The van der Waals surface area contributed by atoms with Gasteiger partial charge in [-0.3, -0.25) is 4.90 Å². The lowest BCUT2D eigenvalue weighted by atomic mass is 10.0. The molecule has 0 atom stereocenters. The first-order valence-corrected chi connectivity index (χ1v) is 12.7. The van der Waals surface area contributed by atoms with Crippen LogP contribution in [0.15, 0.2) is 36.4 Å². The first-order chi connectivity index (χ1) is 16.2. The van der Waals surface area contributed by atoms with Crippen molar-refractivity contribution in [2.45, 2.75) is 65.3 Å². The molecule has 0 saturated carbocycles. The van der Waals surface area contributed by atoms with Crippen LogP contribution in [0.4, 0.5) is 5.13 Å². The van der Waals surface area contributed by atoms with Gasteiger partial charge in [0, 0.05) is 31.7 Å². The summed E-state index contributed by atoms with van der Waals surface area (Å²) in [7, 11) is 0. The summed E-state index contributed by atoms with van der Waals surface area (Å²) in [5.41, 5.74) is 2.19. The van der Waals surface area contributed by atoms with Crippen molar-refractivity contribution in [3.8, 4) is 11.5 Å². The van der Waals surface area contributed by atoms with Crippen LogP contribution in [0.3, 0.4) is 0 Å². The first-order valence-electron chi connectivity index (χ1n) is 11.8. The number of nitrogens with one attached hydrogen (secondary N) is 1. The number of anilines is 1. The van der Waals surface area contributed by atoms with Crippen LogP contribution in [0.1, 0.15) is 56.5 Å². The number of fused-ring (bicyclic) bond motifs is 1. The lowest BCUT2D eigenvalue weighted by Gasteiger charge is -2.32. The topological polar surface area (TPSA) is 83.9 Å². The molecule has 1 aromatic heterocycles. The Morgan fingerprint density at radius 3 is 2.32 bits per heavy atom. The summed E-state index contributed by atoms with van der Waals surface area (Å²) < 4.78 is 12.9. The monoisotopic (exact) mass is 483 g/mol. The van der Waals surface area contributed by atoms with Crippen molar-refractivity contribution in [1.29, 1.82) is 0 Å². The molecule has 3 aromatic rings. The lowest BCUT2D eigenvalue weighted by Crippen LogP contribution is -2.38. The van der Waals surface area contributed by atoms with E-state index in [0.29, 0.717) is 6.04 Å². The Balaban J connectivity index is 1.35. The minimum atomic E-state index is -0.930. The Kier molecular flexibility index (Phi) is 7.58. The molecule has 7 nitrogen and oxygen atoms in total. The SMILES string of the molecule is CC(C)Oc1cc(CN2CCC(Nc3nc4cc(C(=O)O)ccc4s3)CC2)cc(OC(C)C)c1. The van der Waals surface area contributed by atoms with Gasteiger partial charge in [0.1, 0.15) is 11.5 Å². The van der Waals surface area contributed by atoms with Gasteiger partial charge >= 0.3 is 5.97 Å². The van der Waals surface area contributed by atoms with Gasteiger partial charge < -0.3 is 19.9 Å². The number of benzene rings is 2. The molecule has 182 valence electrons. The van der Waals surface area contributed by atoms with E-state index >= 15 is 0 Å². The zero-order valence-electron chi connectivity index (χ0n) is 20.2. The number of carbonyl (C=O) groups is 1. The number of thiazole rings is 1. The third-order valence-corrected chi connectivity index (χ3v) is 6.61. The molecule has 1 aliphatic rings. The van der Waals surface area contributed by atoms with Crippen LogP contribution in [0, 0.1) is 0 Å². The van der Waals surface area contributed by atoms with Crippen molar-refractivity contribution in [2.75, 3.05) is 18.4 Å². The zero-order valence-corrected chi connectivity index (χ0v) is 21.0. The molecule has 2 heterocycles. The molecule has 2 N–H and O–H groups in total. The second-order valence-corrected chi connectivity index (χ2v) is 10.4. The van der Waals surface area contributed by atoms with Crippen LogP contribution in [0.2, 0.25) is 0 Å². The number of carboxylic acid groups (broad SMARTS) is 1. The van der Waals surface area contributed by atoms with Crippen LogP contribution < -0.4 is 14.8 Å². The largest absolute Gasteiger partial charge is 0.491 e. The molecular formula is C26H33N3O4S. The van der Waals surface area contributed by atoms with E-state index in [0.717, 1.165) is 59.3 Å². The van der Waals surface area contributed by atoms with Gasteiger partial charge in [0.05, 0.1) is 28.0 Å². The molecule has 1 fully saturated rings. The molecule has 0 aliphatic carbocycles. The number of rotatable bonds is 9. The third-order valence-electron chi connectivity index (χ3n) is 5.64. The molecule has 1 aliphatic heterocycles. The van der Waals surface area contributed by atoms with E-state index in [4.69, 9.17) is 9.47 Å². The van der Waals surface area contributed by atoms with Gasteiger partial charge in [-0.05, 0) is 76.4 Å². The van der Waals surface area contributed by atoms with Crippen LogP contribution >= 0.6 is 11.3 Å². The molecule has 0 bridgehead atoms. The van der Waals surface area contributed by atoms with Crippen molar-refractivity contribution >= 4 is 32.7 Å². The summed E-state index contributed by atoms with van der Waals surface area (Å²) in [6.45, 7) is 11.0. The fraction of sp³-hybridized carbons (Fsp3) is 0.462. The summed E-state index contributed by atoms with van der Waals surface area (Å²) in [5, 5.41) is 13.6. The normalized spacial score (nSPS) is 15.2. The highest BCUT2D eigenvalue weighted by molar-refractivity contribution is 7.22. The highest BCUT2D eigenvalue weighted by atomic mass is 32.1. The fourth-order valence-electron chi connectivity index (χ4n) is 4.19. The number of aromatic carboxylic acids is 1. The van der Waals surface area contributed by atoms with Crippen LogP contribution in [-0.4, -0.2) is 52.3 Å². The summed E-state index contributed by atoms with van der Waals surface area (Å²) in [4.78, 5) is 18.3. The first kappa shape index (κ1) is 24.3. The number of carboxylic acids is 1. The maximum Gasteiger partial charge on any atom is 0.335 e. The molecular weight excluding hydrogens is 450 g/mol. The van der Waals surface area contributed by atoms with Gasteiger partial charge in [0.2, 0.25) is 0 Å². The van der Waals surface area contributed by atoms with E-state index in [1.807, 2.05) is 39.8 Å². The second-order valence-electron chi connectivity index (χ2n) is 9.35. The number of ether oxygens (including phenoxy) is 2. The molecule has 1 saturated heterocycles. The van der Waals surface area contributed by atoms with Gasteiger partial charge in [-0.15, -0.1) is 0 Å². The highest BCUT2D eigenvalue weighted by Crippen LogP contribution is 2.30. The van der Waals surface area contributed by atoms with Crippen molar-refractivity contribution in [3.63, 3.8) is 0 Å². The van der Waals surface area contributed by atoms with E-state index in [-0.39, 0.29) is 17.8 Å². The van der Waals surface area contributed by atoms with Gasteiger partial charge in [-0.1, -0.05) is 11.3 Å². The number of hydrogen-bond acceptors (Lipinski definition) is 7. The number of nitrogens with zero attached hydrogens (tertiary/aromatic N) is 2. The van der Waals surface area contributed by atoms with E-state index in [1.165, 1.54) is 5.56 Å². The quantitative estimate of drug-likeness (QED) is 0.407. The maximum absolute atomic E-state index is 11.2. The molecule has 0 unspecified atom stereocenters. The lowest BCUT2D eigenvalue weighted by molar-refractivity contribution is 0.0697. The summed E-state index contributed by atoms with van der Waals surface area (Å²) >= 11 is 1.57. The average Bonchev–Trinajstić information content (AvgIpc) is 3.15. The Labute approximate surface area is 204 Å². The zero-order chi connectivity index (χ0) is 24.2. The van der Waals surface area contributed by atoms with E-state index in [9.17, 15) is 9.90 Å². The maximum atomic E-state index is 11.2. The molecule has 4 rings (SSSR count). The van der Waals surface area contributed by atoms with Crippen LogP contribution in [0.5, 0.6) is 11.5 Å². The molecule has 2 aromatic carbocycles. The summed E-state index contributed by atoms with van der Waals surface area (Å²) in [5.74, 6) is 0.768. The van der Waals surface area contributed by atoms with E-state index in [2.05, 4.69) is 27.3 Å². The standard InChI is InChI=1S/C26H33N3O4S/c1-16(2)32-21-11-18(12-22(14-21)33-17(3)4)15-29-9-7-20(8-10-29)27-26-28-23-13-19(25(30)31)5-6-24(23)34-26/h5-6,11-14,16-17,20H,7-10,15H2,1-4H3,(H,27,28)(H,30,31). The van der Waals surface area contributed by atoms with E-state index in [1.54, 1.807) is 23.5 Å². The van der Waals surface area contributed by atoms with Crippen LogP contribution in [-0.2, 0) is 6.54 Å². The number of hydrogen-bond donors (Lipinski definition) is 2. The molecule has 0 radical (unpaired) electrons. The smallest absolute Gasteiger partial charge is 0.335 e. The van der Waals surface area contributed by atoms with Gasteiger partial charge in [0.15, 0.2) is 5.13 Å². The highest BCUT2D eigenvalue weighted by Gasteiger charge is 2.21. The van der Waals surface area contributed by atoms with E-state index < -0.39 is 5.97 Å². The van der Waals surface area contributed by atoms with Gasteiger partial charge in [-0.2, -0.15) is 0 Å². The minimum Gasteiger partial charge on any atom is -0.491 e. The Morgan fingerprint density at radius 1 is 1.09 bits per heavy atom. The molecule has 34 heavy (non-hydrogen) atoms. The molecule has 0 spiro atoms. The number of piperidine rings is 1. The predicted octanol–water partition coefficient (Wildman–Crippen LogP) is 5.65. The number of likely N-dealkylation sites (tertiary alicyclic amines) is 1. The van der Waals surface area contributed by atoms with Crippen LogP contribution in [0.25, 0.3) is 10.2 Å². The minimum absolute atomic E-state index is 0.113. The van der Waals surface area contributed by atoms with Crippen molar-refractivity contribution < 1.29 is 19.4 Å². The van der Waals surface area contributed by atoms with Crippen molar-refractivity contribution in [3.05, 3.63) is 47.5 Å².